The number of benzene rings is 2. The Balaban J connectivity index is 2.05. The SMILES string of the molecule is O=C(O)CCCC(O)c1ccc(-c2ccc(C(F)(F)F)cc2)cc1. The van der Waals surface area contributed by atoms with Crippen LogP contribution in [0.3, 0.4) is 0 Å². The second kappa shape index (κ2) is 7.49. The molecule has 1 atom stereocenters. The summed E-state index contributed by atoms with van der Waals surface area (Å²) < 4.78 is 37.7. The summed E-state index contributed by atoms with van der Waals surface area (Å²) in [6.07, 6.45) is -4.40. The predicted octanol–water partition coefficient (Wildman–Crippen LogP) is 4.66. The molecule has 0 aliphatic rings. The summed E-state index contributed by atoms with van der Waals surface area (Å²) in [5.41, 5.74) is 1.34. The minimum atomic E-state index is -4.36. The summed E-state index contributed by atoms with van der Waals surface area (Å²) in [4.78, 5) is 10.5. The third kappa shape index (κ3) is 4.83. The lowest BCUT2D eigenvalue weighted by molar-refractivity contribution is -0.138. The zero-order valence-corrected chi connectivity index (χ0v) is 12.8. The van der Waals surface area contributed by atoms with E-state index in [4.69, 9.17) is 5.11 Å². The maximum Gasteiger partial charge on any atom is 0.416 e. The number of aliphatic hydroxyl groups is 1. The fourth-order valence-corrected chi connectivity index (χ4v) is 2.36. The maximum atomic E-state index is 12.6. The number of halogens is 3. The first-order valence-electron chi connectivity index (χ1n) is 7.45. The van der Waals surface area contributed by atoms with Crippen LogP contribution >= 0.6 is 0 Å². The second-order valence-electron chi connectivity index (χ2n) is 5.50. The molecule has 0 radical (unpaired) electrons. The van der Waals surface area contributed by atoms with Crippen molar-refractivity contribution in [1.82, 2.24) is 0 Å². The van der Waals surface area contributed by atoms with E-state index in [-0.39, 0.29) is 6.42 Å². The highest BCUT2D eigenvalue weighted by atomic mass is 19.4. The lowest BCUT2D eigenvalue weighted by atomic mass is 9.99. The van der Waals surface area contributed by atoms with E-state index in [2.05, 4.69) is 0 Å². The molecule has 0 aliphatic carbocycles. The topological polar surface area (TPSA) is 57.5 Å². The molecule has 0 bridgehead atoms. The first-order valence-corrected chi connectivity index (χ1v) is 7.45. The van der Waals surface area contributed by atoms with Gasteiger partial charge >= 0.3 is 12.1 Å². The van der Waals surface area contributed by atoms with Gasteiger partial charge in [0.05, 0.1) is 11.7 Å². The molecule has 2 aromatic rings. The zero-order valence-electron chi connectivity index (χ0n) is 12.8. The van der Waals surface area contributed by atoms with E-state index < -0.39 is 23.8 Å². The van der Waals surface area contributed by atoms with Gasteiger partial charge in [-0.3, -0.25) is 4.79 Å². The lowest BCUT2D eigenvalue weighted by Gasteiger charge is -2.12. The molecular formula is C18H17F3O3. The van der Waals surface area contributed by atoms with Crippen LogP contribution in [0.5, 0.6) is 0 Å². The lowest BCUT2D eigenvalue weighted by Crippen LogP contribution is -2.04. The summed E-state index contributed by atoms with van der Waals surface area (Å²) in [5.74, 6) is -0.903. The van der Waals surface area contributed by atoms with Crippen LogP contribution in [0.15, 0.2) is 48.5 Å². The van der Waals surface area contributed by atoms with Crippen LogP contribution in [-0.2, 0) is 11.0 Å². The van der Waals surface area contributed by atoms with Crippen molar-refractivity contribution in [2.75, 3.05) is 0 Å². The van der Waals surface area contributed by atoms with Crippen LogP contribution in [0, 0.1) is 0 Å². The van der Waals surface area contributed by atoms with Crippen molar-refractivity contribution in [1.29, 1.82) is 0 Å². The second-order valence-corrected chi connectivity index (χ2v) is 5.50. The molecule has 2 aromatic carbocycles. The molecule has 3 nitrogen and oxygen atoms in total. The van der Waals surface area contributed by atoms with Crippen LogP contribution in [0.1, 0.15) is 36.5 Å². The van der Waals surface area contributed by atoms with E-state index in [0.29, 0.717) is 24.0 Å². The van der Waals surface area contributed by atoms with Crippen molar-refractivity contribution in [2.45, 2.75) is 31.5 Å². The third-order valence-corrected chi connectivity index (χ3v) is 3.71. The van der Waals surface area contributed by atoms with Crippen LogP contribution < -0.4 is 0 Å². The Morgan fingerprint density at radius 3 is 1.92 bits per heavy atom. The molecule has 24 heavy (non-hydrogen) atoms. The fourth-order valence-electron chi connectivity index (χ4n) is 2.36. The molecule has 0 aliphatic heterocycles. The number of aliphatic hydroxyl groups excluding tert-OH is 1. The van der Waals surface area contributed by atoms with Gasteiger partial charge in [0.1, 0.15) is 0 Å². The van der Waals surface area contributed by atoms with Crippen molar-refractivity contribution in [3.8, 4) is 11.1 Å². The van der Waals surface area contributed by atoms with E-state index in [1.165, 1.54) is 12.1 Å². The van der Waals surface area contributed by atoms with E-state index in [1.807, 2.05) is 0 Å². The highest BCUT2D eigenvalue weighted by Gasteiger charge is 2.29. The smallest absolute Gasteiger partial charge is 0.416 e. The summed E-state index contributed by atoms with van der Waals surface area (Å²) in [6.45, 7) is 0. The van der Waals surface area contributed by atoms with Crippen LogP contribution in [0.25, 0.3) is 11.1 Å². The Morgan fingerprint density at radius 2 is 1.46 bits per heavy atom. The van der Waals surface area contributed by atoms with Crippen LogP contribution in [0.2, 0.25) is 0 Å². The molecule has 128 valence electrons. The molecule has 0 spiro atoms. The van der Waals surface area contributed by atoms with Crippen molar-refractivity contribution in [3.05, 3.63) is 59.7 Å². The van der Waals surface area contributed by atoms with Crippen molar-refractivity contribution < 1.29 is 28.2 Å². The number of alkyl halides is 3. The van der Waals surface area contributed by atoms with E-state index >= 15 is 0 Å². The van der Waals surface area contributed by atoms with Gasteiger partial charge in [0.2, 0.25) is 0 Å². The Labute approximate surface area is 137 Å². The Morgan fingerprint density at radius 1 is 0.958 bits per heavy atom. The highest BCUT2D eigenvalue weighted by molar-refractivity contribution is 5.66. The fraction of sp³-hybridized carbons (Fsp3) is 0.278. The van der Waals surface area contributed by atoms with Gasteiger partial charge in [-0.05, 0) is 41.7 Å². The first kappa shape index (κ1) is 18.0. The number of hydrogen-bond donors (Lipinski definition) is 2. The van der Waals surface area contributed by atoms with Crippen molar-refractivity contribution >= 4 is 5.97 Å². The molecule has 0 saturated heterocycles. The van der Waals surface area contributed by atoms with Gasteiger partial charge in [0.25, 0.3) is 0 Å². The normalized spacial score (nSPS) is 12.8. The van der Waals surface area contributed by atoms with Crippen LogP contribution in [-0.4, -0.2) is 16.2 Å². The third-order valence-electron chi connectivity index (χ3n) is 3.71. The quantitative estimate of drug-likeness (QED) is 0.805. The molecule has 0 fully saturated rings. The van der Waals surface area contributed by atoms with Gasteiger partial charge in [-0.1, -0.05) is 36.4 Å². The number of carboxylic acid groups (broad SMARTS) is 1. The molecule has 6 heteroatoms. The maximum absolute atomic E-state index is 12.6. The molecule has 0 aromatic heterocycles. The Bertz CT molecular complexity index is 676. The molecule has 1 unspecified atom stereocenters. The molecule has 2 N–H and O–H groups in total. The minimum Gasteiger partial charge on any atom is -0.481 e. The van der Waals surface area contributed by atoms with E-state index in [9.17, 15) is 23.1 Å². The average Bonchev–Trinajstić information content (AvgIpc) is 2.54. The molecule has 0 amide bonds. The number of rotatable bonds is 6. The van der Waals surface area contributed by atoms with Gasteiger partial charge in [-0.15, -0.1) is 0 Å². The number of aliphatic carboxylic acids is 1. The van der Waals surface area contributed by atoms with E-state index in [0.717, 1.165) is 17.7 Å². The molecule has 2 rings (SSSR count). The average molecular weight is 338 g/mol. The van der Waals surface area contributed by atoms with Gasteiger partial charge in [-0.2, -0.15) is 13.2 Å². The highest BCUT2D eigenvalue weighted by Crippen LogP contribution is 2.31. The van der Waals surface area contributed by atoms with E-state index in [1.54, 1.807) is 24.3 Å². The Hall–Kier alpha value is -2.34. The predicted molar refractivity (Wildman–Crippen MR) is 83.3 cm³/mol. The molecular weight excluding hydrogens is 321 g/mol. The largest absolute Gasteiger partial charge is 0.481 e. The summed E-state index contributed by atoms with van der Waals surface area (Å²) in [6, 6.07) is 11.7. The van der Waals surface area contributed by atoms with Gasteiger partial charge in [0, 0.05) is 6.42 Å². The van der Waals surface area contributed by atoms with Gasteiger partial charge in [-0.25, -0.2) is 0 Å². The monoisotopic (exact) mass is 338 g/mol. The molecule has 0 heterocycles. The summed E-state index contributed by atoms with van der Waals surface area (Å²) in [5, 5.41) is 18.6. The Kier molecular flexibility index (Phi) is 5.62. The number of carboxylic acids is 1. The number of hydrogen-bond acceptors (Lipinski definition) is 2. The number of carbonyl (C=O) groups is 1. The van der Waals surface area contributed by atoms with Gasteiger partial charge < -0.3 is 10.2 Å². The minimum absolute atomic E-state index is 0.000692. The summed E-state index contributed by atoms with van der Waals surface area (Å²) >= 11 is 0. The van der Waals surface area contributed by atoms with Gasteiger partial charge in [0.15, 0.2) is 0 Å². The molecule has 0 saturated carbocycles. The van der Waals surface area contributed by atoms with Crippen LogP contribution in [0.4, 0.5) is 13.2 Å². The van der Waals surface area contributed by atoms with Crippen molar-refractivity contribution in [3.63, 3.8) is 0 Å². The first-order chi connectivity index (χ1) is 11.3. The zero-order chi connectivity index (χ0) is 17.7. The van der Waals surface area contributed by atoms with Crippen molar-refractivity contribution in [2.24, 2.45) is 0 Å². The summed E-state index contributed by atoms with van der Waals surface area (Å²) in [7, 11) is 0. The standard InChI is InChI=1S/C18H17F3O3/c19-18(20,21)15-10-8-13(9-11-15)12-4-6-14(7-5-12)16(22)2-1-3-17(23)24/h4-11,16,22H,1-3H2,(H,23,24).